The van der Waals surface area contributed by atoms with Gasteiger partial charge in [0.15, 0.2) is 0 Å². The first kappa shape index (κ1) is 17.6. The topological polar surface area (TPSA) is 52.6 Å². The van der Waals surface area contributed by atoms with Crippen LogP contribution in [-0.4, -0.2) is 29.2 Å². The van der Waals surface area contributed by atoms with Crippen molar-refractivity contribution in [2.24, 2.45) is 0 Å². The Hall–Kier alpha value is -2.85. The van der Waals surface area contributed by atoms with Crippen LogP contribution in [0.1, 0.15) is 30.0 Å². The number of carbonyl (C=O) groups is 1. The van der Waals surface area contributed by atoms with Crippen LogP contribution in [0.5, 0.6) is 0 Å². The zero-order chi connectivity index (χ0) is 18.6. The predicted octanol–water partition coefficient (Wildman–Crippen LogP) is 4.74. The number of hydrogen-bond donors (Lipinski definition) is 2. The van der Waals surface area contributed by atoms with Crippen LogP contribution in [0.4, 0.5) is 10.5 Å². The highest BCUT2D eigenvalue weighted by molar-refractivity contribution is 6.01. The molecular formula is C23H24N2O2. The SMILES string of the molecule is O=C(Nc1cccc2ccccc12)N(CCO)[C@H]1CCCc2ccccc21. The van der Waals surface area contributed by atoms with Gasteiger partial charge < -0.3 is 15.3 Å². The number of nitrogens with zero attached hydrogens (tertiary/aromatic N) is 1. The van der Waals surface area contributed by atoms with E-state index < -0.39 is 0 Å². The zero-order valence-electron chi connectivity index (χ0n) is 15.3. The molecule has 0 saturated heterocycles. The largest absolute Gasteiger partial charge is 0.395 e. The third-order valence-electron chi connectivity index (χ3n) is 5.35. The van der Waals surface area contributed by atoms with Gasteiger partial charge in [-0.2, -0.15) is 0 Å². The Morgan fingerprint density at radius 3 is 2.70 bits per heavy atom. The lowest BCUT2D eigenvalue weighted by Crippen LogP contribution is -2.41. The second-order valence-corrected chi connectivity index (χ2v) is 6.98. The van der Waals surface area contributed by atoms with Gasteiger partial charge in [-0.05, 0) is 41.8 Å². The van der Waals surface area contributed by atoms with E-state index in [0.717, 1.165) is 35.7 Å². The molecule has 0 spiro atoms. The van der Waals surface area contributed by atoms with Crippen molar-refractivity contribution in [2.45, 2.75) is 25.3 Å². The number of fused-ring (bicyclic) bond motifs is 2. The third-order valence-corrected chi connectivity index (χ3v) is 5.35. The van der Waals surface area contributed by atoms with Crippen LogP contribution in [0.25, 0.3) is 10.8 Å². The van der Waals surface area contributed by atoms with E-state index in [2.05, 4.69) is 17.4 Å². The molecule has 0 radical (unpaired) electrons. The smallest absolute Gasteiger partial charge is 0.322 e. The Balaban J connectivity index is 1.64. The number of aliphatic hydroxyl groups excluding tert-OH is 1. The minimum absolute atomic E-state index is 0.00271. The number of amides is 2. The Morgan fingerprint density at radius 1 is 1.04 bits per heavy atom. The molecular weight excluding hydrogens is 336 g/mol. The Bertz CT molecular complexity index is 949. The van der Waals surface area contributed by atoms with Crippen molar-refractivity contribution in [1.82, 2.24) is 4.90 Å². The van der Waals surface area contributed by atoms with Crippen LogP contribution < -0.4 is 5.32 Å². The van der Waals surface area contributed by atoms with Gasteiger partial charge in [0.05, 0.1) is 18.3 Å². The van der Waals surface area contributed by atoms with Crippen molar-refractivity contribution in [3.63, 3.8) is 0 Å². The lowest BCUT2D eigenvalue weighted by atomic mass is 9.87. The maximum Gasteiger partial charge on any atom is 0.322 e. The number of benzene rings is 3. The van der Waals surface area contributed by atoms with E-state index in [4.69, 9.17) is 0 Å². The van der Waals surface area contributed by atoms with E-state index in [1.165, 1.54) is 11.1 Å². The fourth-order valence-corrected chi connectivity index (χ4v) is 4.08. The summed E-state index contributed by atoms with van der Waals surface area (Å²) < 4.78 is 0. The van der Waals surface area contributed by atoms with E-state index in [0.29, 0.717) is 6.54 Å². The summed E-state index contributed by atoms with van der Waals surface area (Å²) in [5.74, 6) is 0. The average Bonchev–Trinajstić information content (AvgIpc) is 2.72. The first-order valence-electron chi connectivity index (χ1n) is 9.52. The van der Waals surface area contributed by atoms with E-state index in [9.17, 15) is 9.90 Å². The van der Waals surface area contributed by atoms with E-state index >= 15 is 0 Å². The van der Waals surface area contributed by atoms with Crippen LogP contribution >= 0.6 is 0 Å². The molecule has 0 aromatic heterocycles. The highest BCUT2D eigenvalue weighted by atomic mass is 16.3. The van der Waals surface area contributed by atoms with E-state index in [-0.39, 0.29) is 18.7 Å². The summed E-state index contributed by atoms with van der Waals surface area (Å²) in [4.78, 5) is 14.9. The molecule has 1 aliphatic carbocycles. The van der Waals surface area contributed by atoms with Crippen LogP contribution in [0, 0.1) is 0 Å². The summed E-state index contributed by atoms with van der Waals surface area (Å²) in [5.41, 5.74) is 3.30. The highest BCUT2D eigenvalue weighted by Crippen LogP contribution is 2.34. The Morgan fingerprint density at radius 2 is 1.81 bits per heavy atom. The number of aliphatic hydroxyl groups is 1. The van der Waals surface area contributed by atoms with Gasteiger partial charge in [-0.15, -0.1) is 0 Å². The number of aryl methyl sites for hydroxylation is 1. The summed E-state index contributed by atoms with van der Waals surface area (Å²) in [6, 6.07) is 22.1. The molecule has 0 bridgehead atoms. The van der Waals surface area contributed by atoms with E-state index in [1.54, 1.807) is 4.90 Å². The predicted molar refractivity (Wildman–Crippen MR) is 109 cm³/mol. The van der Waals surface area contributed by atoms with Gasteiger partial charge in [-0.1, -0.05) is 60.7 Å². The second kappa shape index (κ2) is 7.80. The molecule has 138 valence electrons. The quantitative estimate of drug-likeness (QED) is 0.706. The van der Waals surface area contributed by atoms with Gasteiger partial charge in [0, 0.05) is 11.9 Å². The van der Waals surface area contributed by atoms with Crippen molar-refractivity contribution < 1.29 is 9.90 Å². The molecule has 2 amide bonds. The van der Waals surface area contributed by atoms with Gasteiger partial charge in [0.2, 0.25) is 0 Å². The number of nitrogens with one attached hydrogen (secondary N) is 1. The zero-order valence-corrected chi connectivity index (χ0v) is 15.3. The molecule has 0 fully saturated rings. The monoisotopic (exact) mass is 360 g/mol. The molecule has 4 nitrogen and oxygen atoms in total. The molecule has 2 N–H and O–H groups in total. The summed E-state index contributed by atoms with van der Waals surface area (Å²) in [5, 5.41) is 14.8. The van der Waals surface area contributed by atoms with Gasteiger partial charge in [-0.3, -0.25) is 0 Å². The summed E-state index contributed by atoms with van der Waals surface area (Å²) in [6.07, 6.45) is 3.01. The number of carbonyl (C=O) groups excluding carboxylic acids is 1. The van der Waals surface area contributed by atoms with Gasteiger partial charge in [0.1, 0.15) is 0 Å². The minimum Gasteiger partial charge on any atom is -0.395 e. The Labute approximate surface area is 159 Å². The summed E-state index contributed by atoms with van der Waals surface area (Å²) >= 11 is 0. The number of anilines is 1. The van der Waals surface area contributed by atoms with Gasteiger partial charge in [-0.25, -0.2) is 4.79 Å². The highest BCUT2D eigenvalue weighted by Gasteiger charge is 2.29. The van der Waals surface area contributed by atoms with Gasteiger partial charge in [0.25, 0.3) is 0 Å². The van der Waals surface area contributed by atoms with Crippen LogP contribution in [0.2, 0.25) is 0 Å². The minimum atomic E-state index is -0.165. The van der Waals surface area contributed by atoms with Crippen LogP contribution in [0.15, 0.2) is 66.7 Å². The fraction of sp³-hybridized carbons (Fsp3) is 0.261. The van der Waals surface area contributed by atoms with Crippen molar-refractivity contribution in [3.8, 4) is 0 Å². The van der Waals surface area contributed by atoms with Crippen molar-refractivity contribution >= 4 is 22.5 Å². The maximum atomic E-state index is 13.2. The van der Waals surface area contributed by atoms with Crippen LogP contribution in [0.3, 0.4) is 0 Å². The number of urea groups is 1. The van der Waals surface area contributed by atoms with E-state index in [1.807, 2.05) is 54.6 Å². The summed E-state index contributed by atoms with van der Waals surface area (Å²) in [7, 11) is 0. The first-order valence-corrected chi connectivity index (χ1v) is 9.52. The number of rotatable bonds is 4. The molecule has 0 heterocycles. The molecule has 0 aliphatic heterocycles. The Kier molecular flexibility index (Phi) is 5.07. The average molecular weight is 360 g/mol. The molecule has 0 unspecified atom stereocenters. The molecule has 0 saturated carbocycles. The molecule has 27 heavy (non-hydrogen) atoms. The second-order valence-electron chi connectivity index (χ2n) is 6.98. The normalized spacial score (nSPS) is 16.0. The van der Waals surface area contributed by atoms with Crippen molar-refractivity contribution in [3.05, 3.63) is 77.9 Å². The number of hydrogen-bond acceptors (Lipinski definition) is 2. The van der Waals surface area contributed by atoms with Crippen LogP contribution in [-0.2, 0) is 6.42 Å². The lowest BCUT2D eigenvalue weighted by Gasteiger charge is -2.35. The molecule has 3 aromatic rings. The van der Waals surface area contributed by atoms with Gasteiger partial charge >= 0.3 is 6.03 Å². The van der Waals surface area contributed by atoms with Crippen molar-refractivity contribution in [1.29, 1.82) is 0 Å². The summed E-state index contributed by atoms with van der Waals surface area (Å²) in [6.45, 7) is 0.261. The molecule has 4 heteroatoms. The third kappa shape index (κ3) is 3.53. The molecule has 1 aliphatic rings. The molecule has 1 atom stereocenters. The first-order chi connectivity index (χ1) is 13.3. The standard InChI is InChI=1S/C23H24N2O2/c26-16-15-25(22-14-6-10-18-8-2-4-12-20(18)22)23(27)24-21-13-5-9-17-7-1-3-11-19(17)21/h1-5,7-9,11-13,22,26H,6,10,14-16H2,(H,24,27)/t22-/m0/s1. The lowest BCUT2D eigenvalue weighted by molar-refractivity contribution is 0.155. The maximum absolute atomic E-state index is 13.2. The molecule has 3 aromatic carbocycles. The fourth-order valence-electron chi connectivity index (χ4n) is 4.08. The molecule has 4 rings (SSSR count). The van der Waals surface area contributed by atoms with Crippen molar-refractivity contribution in [2.75, 3.05) is 18.5 Å².